The van der Waals surface area contributed by atoms with E-state index in [0.717, 1.165) is 0 Å². The number of rotatable bonds is 6. The maximum absolute atomic E-state index is 12.2. The van der Waals surface area contributed by atoms with Crippen LogP contribution < -0.4 is 9.47 Å². The van der Waals surface area contributed by atoms with Crippen molar-refractivity contribution in [1.29, 1.82) is 0 Å². The summed E-state index contributed by atoms with van der Waals surface area (Å²) in [6.45, 7) is 4.21. The molecule has 0 saturated carbocycles. The number of fused-ring (bicyclic) bond motifs is 2. The molecule has 0 radical (unpaired) electrons. The molecule has 0 spiro atoms. The molecule has 8 heteroatoms. The standard InChI is InChI=1S/C22H20Cl2O6/c1-3-9-27-21(25)29-19-15-7-5-13(23)11-17(15)20(30-22(26)28-10-4-2)18-12-14(24)6-8-16(18)19/h5-8,11-12H,3-4,9-10H2,1-2H3. The van der Waals surface area contributed by atoms with E-state index in [4.69, 9.17) is 42.1 Å². The zero-order valence-corrected chi connectivity index (χ0v) is 18.0. The van der Waals surface area contributed by atoms with Crippen molar-refractivity contribution in [2.45, 2.75) is 26.7 Å². The van der Waals surface area contributed by atoms with Gasteiger partial charge in [-0.3, -0.25) is 0 Å². The molecule has 0 saturated heterocycles. The largest absolute Gasteiger partial charge is 0.513 e. The molecule has 0 aliphatic carbocycles. The van der Waals surface area contributed by atoms with Crippen molar-refractivity contribution in [3.63, 3.8) is 0 Å². The van der Waals surface area contributed by atoms with Gasteiger partial charge in [0.25, 0.3) is 0 Å². The summed E-state index contributed by atoms with van der Waals surface area (Å²) >= 11 is 12.4. The number of carbonyl (C=O) groups is 2. The molecule has 0 aliphatic heterocycles. The summed E-state index contributed by atoms with van der Waals surface area (Å²) in [5.74, 6) is 0.462. The van der Waals surface area contributed by atoms with E-state index in [1.54, 1.807) is 36.4 Å². The minimum Gasteiger partial charge on any atom is -0.434 e. The molecule has 0 atom stereocenters. The Balaban J connectivity index is 2.22. The molecule has 0 fully saturated rings. The Morgan fingerprint density at radius 2 is 1.10 bits per heavy atom. The van der Waals surface area contributed by atoms with Crippen LogP contribution in [-0.2, 0) is 9.47 Å². The first-order valence-corrected chi connectivity index (χ1v) is 10.2. The van der Waals surface area contributed by atoms with Crippen LogP contribution in [0.15, 0.2) is 36.4 Å². The highest BCUT2D eigenvalue weighted by atomic mass is 35.5. The predicted octanol–water partition coefficient (Wildman–Crippen LogP) is 7.15. The highest BCUT2D eigenvalue weighted by Gasteiger charge is 2.22. The van der Waals surface area contributed by atoms with Crippen molar-refractivity contribution >= 4 is 57.1 Å². The van der Waals surface area contributed by atoms with Gasteiger partial charge in [0.05, 0.1) is 13.2 Å². The Morgan fingerprint density at radius 1 is 0.700 bits per heavy atom. The summed E-state index contributed by atoms with van der Waals surface area (Å²) in [5, 5.41) is 2.78. The highest BCUT2D eigenvalue weighted by Crippen LogP contribution is 2.44. The topological polar surface area (TPSA) is 71.1 Å². The van der Waals surface area contributed by atoms with Gasteiger partial charge in [-0.05, 0) is 49.2 Å². The summed E-state index contributed by atoms with van der Waals surface area (Å²) in [4.78, 5) is 24.4. The second kappa shape index (κ2) is 9.87. The smallest absolute Gasteiger partial charge is 0.434 e. The van der Waals surface area contributed by atoms with Gasteiger partial charge in [-0.1, -0.05) is 37.0 Å². The molecule has 158 valence electrons. The normalized spacial score (nSPS) is 10.8. The van der Waals surface area contributed by atoms with Crippen LogP contribution in [0.3, 0.4) is 0 Å². The van der Waals surface area contributed by atoms with Gasteiger partial charge in [-0.2, -0.15) is 0 Å². The molecule has 30 heavy (non-hydrogen) atoms. The average molecular weight is 451 g/mol. The maximum atomic E-state index is 12.2. The van der Waals surface area contributed by atoms with Crippen LogP contribution in [0.1, 0.15) is 26.7 Å². The summed E-state index contributed by atoms with van der Waals surface area (Å²) in [7, 11) is 0. The summed E-state index contributed by atoms with van der Waals surface area (Å²) < 4.78 is 21.2. The van der Waals surface area contributed by atoms with Crippen LogP contribution in [0.4, 0.5) is 9.59 Å². The quantitative estimate of drug-likeness (QED) is 0.225. The molecule has 3 aromatic carbocycles. The van der Waals surface area contributed by atoms with Gasteiger partial charge < -0.3 is 18.9 Å². The Hall–Kier alpha value is -2.70. The van der Waals surface area contributed by atoms with Gasteiger partial charge in [-0.25, -0.2) is 9.59 Å². The third-order valence-electron chi connectivity index (χ3n) is 4.16. The first-order valence-electron chi connectivity index (χ1n) is 9.48. The van der Waals surface area contributed by atoms with Crippen LogP contribution in [0, 0.1) is 0 Å². The van der Waals surface area contributed by atoms with Crippen molar-refractivity contribution in [2.24, 2.45) is 0 Å². The van der Waals surface area contributed by atoms with E-state index in [1.807, 2.05) is 13.8 Å². The molecule has 0 amide bonds. The fourth-order valence-electron chi connectivity index (χ4n) is 2.91. The second-order valence-corrected chi connectivity index (χ2v) is 7.31. The number of hydrogen-bond acceptors (Lipinski definition) is 6. The van der Waals surface area contributed by atoms with Crippen LogP contribution in [0.2, 0.25) is 10.0 Å². The van der Waals surface area contributed by atoms with E-state index in [9.17, 15) is 9.59 Å². The SMILES string of the molecule is CCCOC(=O)Oc1c2ccc(Cl)cc2c(OC(=O)OCCC)c2cc(Cl)ccc12. The van der Waals surface area contributed by atoms with Crippen LogP contribution in [0.25, 0.3) is 21.5 Å². The molecule has 0 unspecified atom stereocenters. The lowest BCUT2D eigenvalue weighted by Gasteiger charge is -2.16. The molecule has 6 nitrogen and oxygen atoms in total. The van der Waals surface area contributed by atoms with Crippen LogP contribution >= 0.6 is 23.2 Å². The van der Waals surface area contributed by atoms with Crippen molar-refractivity contribution in [1.82, 2.24) is 0 Å². The van der Waals surface area contributed by atoms with Gasteiger partial charge in [0.15, 0.2) is 5.75 Å². The molecule has 0 heterocycles. The lowest BCUT2D eigenvalue weighted by molar-refractivity contribution is 0.0984. The van der Waals surface area contributed by atoms with Crippen molar-refractivity contribution < 1.29 is 28.5 Å². The number of hydrogen-bond donors (Lipinski definition) is 0. The fraction of sp³-hybridized carbons (Fsp3) is 0.273. The minimum atomic E-state index is -0.851. The van der Waals surface area contributed by atoms with Crippen molar-refractivity contribution in [3.8, 4) is 11.5 Å². The van der Waals surface area contributed by atoms with E-state index >= 15 is 0 Å². The predicted molar refractivity (Wildman–Crippen MR) is 116 cm³/mol. The second-order valence-electron chi connectivity index (χ2n) is 6.44. The fourth-order valence-corrected chi connectivity index (χ4v) is 3.26. The number of benzene rings is 3. The number of carbonyl (C=O) groups excluding carboxylic acids is 2. The van der Waals surface area contributed by atoms with E-state index in [0.29, 0.717) is 44.4 Å². The highest BCUT2D eigenvalue weighted by molar-refractivity contribution is 6.33. The minimum absolute atomic E-state index is 0.209. The Labute approximate surface area is 183 Å². The lowest BCUT2D eigenvalue weighted by Crippen LogP contribution is -2.13. The third-order valence-corrected chi connectivity index (χ3v) is 4.63. The van der Waals surface area contributed by atoms with E-state index in [2.05, 4.69) is 0 Å². The van der Waals surface area contributed by atoms with Gasteiger partial charge in [0.2, 0.25) is 0 Å². The molecule has 0 bridgehead atoms. The third kappa shape index (κ3) is 4.89. The molecule has 3 rings (SSSR count). The average Bonchev–Trinajstić information content (AvgIpc) is 2.72. The van der Waals surface area contributed by atoms with Crippen LogP contribution in [0.5, 0.6) is 11.5 Å². The van der Waals surface area contributed by atoms with Gasteiger partial charge >= 0.3 is 12.3 Å². The summed E-state index contributed by atoms with van der Waals surface area (Å²) in [6.07, 6.45) is -0.370. The molecule has 0 aromatic heterocycles. The van der Waals surface area contributed by atoms with Crippen molar-refractivity contribution in [3.05, 3.63) is 46.4 Å². The van der Waals surface area contributed by atoms with Crippen LogP contribution in [-0.4, -0.2) is 25.5 Å². The number of ether oxygens (including phenoxy) is 4. The van der Waals surface area contributed by atoms with E-state index < -0.39 is 12.3 Å². The Morgan fingerprint density at radius 3 is 1.50 bits per heavy atom. The summed E-state index contributed by atoms with van der Waals surface area (Å²) in [5.41, 5.74) is 0. The molecular formula is C22H20Cl2O6. The van der Waals surface area contributed by atoms with E-state index in [-0.39, 0.29) is 24.7 Å². The molecule has 3 aromatic rings. The number of halogens is 2. The molecule has 0 aliphatic rings. The zero-order valence-electron chi connectivity index (χ0n) is 16.5. The van der Waals surface area contributed by atoms with Gasteiger partial charge in [-0.15, -0.1) is 0 Å². The Bertz CT molecular complexity index is 1030. The van der Waals surface area contributed by atoms with Crippen molar-refractivity contribution in [2.75, 3.05) is 13.2 Å². The monoisotopic (exact) mass is 450 g/mol. The maximum Gasteiger partial charge on any atom is 0.513 e. The molecule has 0 N–H and O–H groups in total. The molecular weight excluding hydrogens is 431 g/mol. The lowest BCUT2D eigenvalue weighted by atomic mass is 10.0. The first-order chi connectivity index (χ1) is 14.4. The van der Waals surface area contributed by atoms with E-state index in [1.165, 1.54) is 0 Å². The zero-order chi connectivity index (χ0) is 21.7. The van der Waals surface area contributed by atoms with Gasteiger partial charge in [0, 0.05) is 31.6 Å². The first kappa shape index (κ1) is 22.0. The summed E-state index contributed by atoms with van der Waals surface area (Å²) in [6, 6.07) is 9.88. The Kier molecular flexibility index (Phi) is 7.24. The van der Waals surface area contributed by atoms with Gasteiger partial charge in [0.1, 0.15) is 5.75 Å².